The molecule has 0 aliphatic rings. The molecular weight excluding hydrogens is 368 g/mol. The highest BCUT2D eigenvalue weighted by Gasteiger charge is 2.08. The minimum absolute atomic E-state index is 0.253. The third-order valence-corrected chi connectivity index (χ3v) is 5.90. The van der Waals surface area contributed by atoms with E-state index in [1.165, 1.54) is 116 Å². The number of ether oxygens (including phenoxy) is 1. The first kappa shape index (κ1) is 29.2. The van der Waals surface area contributed by atoms with Gasteiger partial charge in [-0.3, -0.25) is 0 Å². The summed E-state index contributed by atoms with van der Waals surface area (Å²) in [5.41, 5.74) is 1.01. The van der Waals surface area contributed by atoms with Gasteiger partial charge in [-0.2, -0.15) is 0 Å². The number of esters is 1. The summed E-state index contributed by atoms with van der Waals surface area (Å²) in [7, 11) is 0. The molecule has 0 heterocycles. The van der Waals surface area contributed by atoms with Gasteiger partial charge in [0, 0.05) is 5.57 Å². The Balaban J connectivity index is 3.10. The van der Waals surface area contributed by atoms with Gasteiger partial charge in [0.25, 0.3) is 0 Å². The first-order chi connectivity index (χ1) is 14.3. The summed E-state index contributed by atoms with van der Waals surface area (Å²) in [6.45, 7) is 12.9. The summed E-state index contributed by atoms with van der Waals surface area (Å²) >= 11 is 0. The second kappa shape index (κ2) is 20.1. The first-order valence-electron chi connectivity index (χ1n) is 13.2. The lowest BCUT2D eigenvalue weighted by Crippen LogP contribution is -2.05. The van der Waals surface area contributed by atoms with Crippen molar-refractivity contribution in [3.05, 3.63) is 12.2 Å². The molecule has 0 saturated heterocycles. The minimum atomic E-state index is -0.253. The fourth-order valence-corrected chi connectivity index (χ4v) is 3.87. The van der Waals surface area contributed by atoms with E-state index in [4.69, 9.17) is 4.74 Å². The Bertz CT molecular complexity index is 405. The van der Waals surface area contributed by atoms with Crippen LogP contribution in [0.15, 0.2) is 12.2 Å². The molecule has 178 valence electrons. The summed E-state index contributed by atoms with van der Waals surface area (Å²) in [5.74, 6) is -0.253. The zero-order valence-electron chi connectivity index (χ0n) is 21.2. The Morgan fingerprint density at radius 2 is 0.900 bits per heavy atom. The highest BCUT2D eigenvalue weighted by atomic mass is 16.5. The number of carbonyl (C=O) groups excluding carboxylic acids is 1. The topological polar surface area (TPSA) is 26.3 Å². The molecule has 30 heavy (non-hydrogen) atoms. The predicted molar refractivity (Wildman–Crippen MR) is 133 cm³/mol. The SMILES string of the molecule is C=C(C)C(=O)OCCCCCCCCCCCCCCCCCCCCC(C)(C)C. The molecule has 0 amide bonds. The molecule has 0 aromatic carbocycles. The van der Waals surface area contributed by atoms with Crippen molar-refractivity contribution in [3.8, 4) is 0 Å². The molecule has 0 atom stereocenters. The quantitative estimate of drug-likeness (QED) is 0.104. The van der Waals surface area contributed by atoms with Gasteiger partial charge in [-0.25, -0.2) is 4.79 Å². The van der Waals surface area contributed by atoms with Crippen molar-refractivity contribution < 1.29 is 9.53 Å². The van der Waals surface area contributed by atoms with Crippen LogP contribution in [-0.2, 0) is 9.53 Å². The van der Waals surface area contributed by atoms with E-state index in [2.05, 4.69) is 27.4 Å². The lowest BCUT2D eigenvalue weighted by Gasteiger charge is -2.17. The van der Waals surface area contributed by atoms with Gasteiger partial charge in [0.2, 0.25) is 0 Å². The Morgan fingerprint density at radius 3 is 1.20 bits per heavy atom. The van der Waals surface area contributed by atoms with Crippen molar-refractivity contribution in [3.63, 3.8) is 0 Å². The molecule has 2 nitrogen and oxygen atoms in total. The normalized spacial score (nSPS) is 11.6. The van der Waals surface area contributed by atoms with Gasteiger partial charge in [-0.1, -0.05) is 137 Å². The van der Waals surface area contributed by atoms with Crippen molar-refractivity contribution in [2.75, 3.05) is 6.61 Å². The summed E-state index contributed by atoms with van der Waals surface area (Å²) in [4.78, 5) is 11.2. The van der Waals surface area contributed by atoms with E-state index >= 15 is 0 Å². The number of unbranched alkanes of at least 4 members (excludes halogenated alkanes) is 17. The molecule has 0 saturated carbocycles. The summed E-state index contributed by atoms with van der Waals surface area (Å²) in [6.07, 6.45) is 26.1. The van der Waals surface area contributed by atoms with Gasteiger partial charge in [-0.15, -0.1) is 0 Å². The van der Waals surface area contributed by atoms with Crippen LogP contribution in [0.25, 0.3) is 0 Å². The number of hydrogen-bond acceptors (Lipinski definition) is 2. The van der Waals surface area contributed by atoms with Crippen LogP contribution in [0.5, 0.6) is 0 Å². The summed E-state index contributed by atoms with van der Waals surface area (Å²) < 4.78 is 5.11. The fraction of sp³-hybridized carbons (Fsp3) is 0.893. The van der Waals surface area contributed by atoms with Crippen molar-refractivity contribution in [2.24, 2.45) is 5.41 Å². The Labute approximate surface area is 189 Å². The maximum atomic E-state index is 11.2. The maximum Gasteiger partial charge on any atom is 0.333 e. The van der Waals surface area contributed by atoms with Crippen molar-refractivity contribution in [1.29, 1.82) is 0 Å². The molecular formula is C28H54O2. The third kappa shape index (κ3) is 23.5. The van der Waals surface area contributed by atoms with E-state index < -0.39 is 0 Å². The van der Waals surface area contributed by atoms with Gasteiger partial charge in [0.15, 0.2) is 0 Å². The Hall–Kier alpha value is -0.790. The summed E-state index contributed by atoms with van der Waals surface area (Å²) in [5, 5.41) is 0. The molecule has 0 aromatic heterocycles. The van der Waals surface area contributed by atoms with Crippen LogP contribution >= 0.6 is 0 Å². The monoisotopic (exact) mass is 422 g/mol. The number of hydrogen-bond donors (Lipinski definition) is 0. The molecule has 0 unspecified atom stereocenters. The molecule has 0 fully saturated rings. The second-order valence-electron chi connectivity index (χ2n) is 10.6. The third-order valence-electron chi connectivity index (χ3n) is 5.90. The average molecular weight is 423 g/mol. The molecule has 0 spiro atoms. The van der Waals surface area contributed by atoms with E-state index in [0.29, 0.717) is 17.6 Å². The molecule has 0 aliphatic carbocycles. The molecule has 0 bridgehead atoms. The largest absolute Gasteiger partial charge is 0.462 e. The van der Waals surface area contributed by atoms with Gasteiger partial charge in [0.1, 0.15) is 0 Å². The van der Waals surface area contributed by atoms with Crippen LogP contribution in [0.2, 0.25) is 0 Å². The van der Waals surface area contributed by atoms with Crippen molar-refractivity contribution in [1.82, 2.24) is 0 Å². The van der Waals surface area contributed by atoms with Crippen molar-refractivity contribution in [2.45, 2.75) is 150 Å². The van der Waals surface area contributed by atoms with Crippen LogP contribution in [0.3, 0.4) is 0 Å². The number of rotatable bonds is 21. The average Bonchev–Trinajstić information content (AvgIpc) is 2.68. The standard InChI is InChI=1S/C28H54O2/c1-26(2)27(29)30-25-23-21-19-17-15-13-11-9-7-6-8-10-12-14-16-18-20-22-24-28(3,4)5/h1,6-25H2,2-5H3. The first-order valence-corrected chi connectivity index (χ1v) is 13.2. The van der Waals surface area contributed by atoms with Crippen LogP contribution in [-0.4, -0.2) is 12.6 Å². The molecule has 2 heteroatoms. The highest BCUT2D eigenvalue weighted by molar-refractivity contribution is 5.86. The van der Waals surface area contributed by atoms with Crippen LogP contribution in [0.4, 0.5) is 0 Å². The van der Waals surface area contributed by atoms with Gasteiger partial charge >= 0.3 is 5.97 Å². The van der Waals surface area contributed by atoms with E-state index in [1.807, 2.05) is 0 Å². The highest BCUT2D eigenvalue weighted by Crippen LogP contribution is 2.22. The predicted octanol–water partition coefficient (Wildman–Crippen LogP) is 9.56. The maximum absolute atomic E-state index is 11.2. The molecule has 0 aromatic rings. The molecule has 0 rings (SSSR count). The van der Waals surface area contributed by atoms with Gasteiger partial charge in [0.05, 0.1) is 6.61 Å². The molecule has 0 aliphatic heterocycles. The second-order valence-corrected chi connectivity index (χ2v) is 10.6. The smallest absolute Gasteiger partial charge is 0.333 e. The van der Waals surface area contributed by atoms with Crippen LogP contribution in [0, 0.1) is 5.41 Å². The van der Waals surface area contributed by atoms with Gasteiger partial charge < -0.3 is 4.74 Å². The Morgan fingerprint density at radius 1 is 0.600 bits per heavy atom. The lowest BCUT2D eigenvalue weighted by atomic mass is 9.89. The minimum Gasteiger partial charge on any atom is -0.462 e. The van der Waals surface area contributed by atoms with E-state index in [-0.39, 0.29) is 5.97 Å². The van der Waals surface area contributed by atoms with E-state index in [0.717, 1.165) is 6.42 Å². The zero-order valence-corrected chi connectivity index (χ0v) is 21.2. The number of carbonyl (C=O) groups is 1. The van der Waals surface area contributed by atoms with Gasteiger partial charge in [-0.05, 0) is 25.2 Å². The molecule has 0 N–H and O–H groups in total. The fourth-order valence-electron chi connectivity index (χ4n) is 3.87. The van der Waals surface area contributed by atoms with Crippen molar-refractivity contribution >= 4 is 5.97 Å². The zero-order chi connectivity index (χ0) is 22.5. The van der Waals surface area contributed by atoms with Crippen LogP contribution in [0.1, 0.15) is 150 Å². The van der Waals surface area contributed by atoms with E-state index in [1.54, 1.807) is 6.92 Å². The van der Waals surface area contributed by atoms with Crippen LogP contribution < -0.4 is 0 Å². The van der Waals surface area contributed by atoms with E-state index in [9.17, 15) is 4.79 Å². The molecule has 0 radical (unpaired) electrons. The Kier molecular flexibility index (Phi) is 19.6. The lowest BCUT2D eigenvalue weighted by molar-refractivity contribution is -0.139. The summed E-state index contributed by atoms with van der Waals surface area (Å²) in [6, 6.07) is 0.